The summed E-state index contributed by atoms with van der Waals surface area (Å²) >= 11 is 0. The van der Waals surface area contributed by atoms with Crippen molar-refractivity contribution >= 4 is 21.6 Å². The minimum absolute atomic E-state index is 0.0172. The van der Waals surface area contributed by atoms with Gasteiger partial charge in [-0.2, -0.15) is 0 Å². The molecule has 0 spiro atoms. The first-order valence-electron chi connectivity index (χ1n) is 6.07. The number of hydrogen-bond donors (Lipinski definition) is 3. The Morgan fingerprint density at radius 2 is 1.89 bits per heavy atom. The van der Waals surface area contributed by atoms with Crippen LogP contribution in [-0.4, -0.2) is 27.4 Å². The van der Waals surface area contributed by atoms with Gasteiger partial charge in [-0.3, -0.25) is 4.79 Å². The number of amides is 1. The fourth-order valence-electron chi connectivity index (χ4n) is 1.40. The number of nitrogen functional groups attached to an aromatic ring is 1. The van der Waals surface area contributed by atoms with Crippen LogP contribution < -0.4 is 15.8 Å². The van der Waals surface area contributed by atoms with Gasteiger partial charge in [0, 0.05) is 5.69 Å². The van der Waals surface area contributed by atoms with Crippen LogP contribution in [-0.2, 0) is 14.8 Å². The molecule has 1 rings (SSSR count). The predicted octanol–water partition coefficient (Wildman–Crippen LogP) is 0.463. The molecular formula is C12H19N3O3S. The molecule has 0 saturated carbocycles. The van der Waals surface area contributed by atoms with Crippen LogP contribution in [0.2, 0.25) is 0 Å². The van der Waals surface area contributed by atoms with Gasteiger partial charge in [0.1, 0.15) is 0 Å². The summed E-state index contributed by atoms with van der Waals surface area (Å²) in [5.74, 6) is -0.576. The van der Waals surface area contributed by atoms with Gasteiger partial charge in [-0.25, -0.2) is 13.1 Å². The molecule has 0 aliphatic heterocycles. The number of rotatable bonds is 7. The van der Waals surface area contributed by atoms with Crippen LogP contribution >= 0.6 is 0 Å². The van der Waals surface area contributed by atoms with E-state index in [0.717, 1.165) is 12.8 Å². The van der Waals surface area contributed by atoms with Crippen molar-refractivity contribution in [3.8, 4) is 0 Å². The van der Waals surface area contributed by atoms with E-state index in [1.54, 1.807) is 0 Å². The molecule has 1 aromatic rings. The second-order valence-electron chi connectivity index (χ2n) is 4.13. The quantitative estimate of drug-likeness (QED) is 0.499. The van der Waals surface area contributed by atoms with E-state index < -0.39 is 15.9 Å². The third-order valence-electron chi connectivity index (χ3n) is 2.43. The van der Waals surface area contributed by atoms with Crippen molar-refractivity contribution < 1.29 is 13.2 Å². The highest BCUT2D eigenvalue weighted by Gasteiger charge is 2.16. The molecule has 106 valence electrons. The Morgan fingerprint density at radius 3 is 2.47 bits per heavy atom. The molecule has 0 fully saturated rings. The van der Waals surface area contributed by atoms with E-state index in [2.05, 4.69) is 5.32 Å². The smallest absolute Gasteiger partial charge is 0.264 e. The number of sulfonamides is 1. The molecule has 4 N–H and O–H groups in total. The molecule has 0 heterocycles. The third kappa shape index (κ3) is 5.27. The molecule has 0 saturated heterocycles. The minimum Gasteiger partial charge on any atom is -0.399 e. The van der Waals surface area contributed by atoms with E-state index in [9.17, 15) is 13.2 Å². The van der Waals surface area contributed by atoms with E-state index in [-0.39, 0.29) is 11.4 Å². The van der Waals surface area contributed by atoms with Crippen LogP contribution in [0, 0.1) is 0 Å². The Balaban J connectivity index is 2.55. The number of hydrogen-bond acceptors (Lipinski definition) is 5. The summed E-state index contributed by atoms with van der Waals surface area (Å²) < 4.78 is 25.7. The molecule has 0 unspecified atom stereocenters. The Kier molecular flexibility index (Phi) is 5.78. The standard InChI is InChI=1S/C12H19N3O3S/c1-2-3-8-14-9-12(16)15-19(17,18)11-6-4-10(13)5-7-11/h4-7,14H,2-3,8-9,13H2,1H3,(H,15,16). The molecule has 1 aromatic carbocycles. The molecule has 0 aliphatic rings. The number of carbonyl (C=O) groups excluding carboxylic acids is 1. The van der Waals surface area contributed by atoms with Crippen LogP contribution in [0.1, 0.15) is 19.8 Å². The van der Waals surface area contributed by atoms with Crippen LogP contribution in [0.25, 0.3) is 0 Å². The normalized spacial score (nSPS) is 11.2. The summed E-state index contributed by atoms with van der Waals surface area (Å²) in [4.78, 5) is 11.5. The zero-order chi connectivity index (χ0) is 14.3. The van der Waals surface area contributed by atoms with Crippen molar-refractivity contribution in [1.29, 1.82) is 0 Å². The van der Waals surface area contributed by atoms with Gasteiger partial charge in [-0.05, 0) is 37.2 Å². The van der Waals surface area contributed by atoms with Crippen LogP contribution in [0.4, 0.5) is 5.69 Å². The number of nitrogens with one attached hydrogen (secondary N) is 2. The van der Waals surface area contributed by atoms with Crippen LogP contribution in [0.3, 0.4) is 0 Å². The van der Waals surface area contributed by atoms with E-state index in [1.807, 2.05) is 11.6 Å². The zero-order valence-electron chi connectivity index (χ0n) is 10.8. The predicted molar refractivity (Wildman–Crippen MR) is 74.0 cm³/mol. The van der Waals surface area contributed by atoms with Gasteiger partial charge in [0.2, 0.25) is 5.91 Å². The second-order valence-corrected chi connectivity index (χ2v) is 5.81. The highest BCUT2D eigenvalue weighted by molar-refractivity contribution is 7.90. The fourth-order valence-corrected chi connectivity index (χ4v) is 2.38. The maximum absolute atomic E-state index is 11.8. The first-order chi connectivity index (χ1) is 8.95. The molecule has 0 radical (unpaired) electrons. The highest BCUT2D eigenvalue weighted by Crippen LogP contribution is 2.10. The summed E-state index contributed by atoms with van der Waals surface area (Å²) in [7, 11) is -3.81. The molecular weight excluding hydrogens is 266 g/mol. The number of nitrogens with two attached hydrogens (primary N) is 1. The zero-order valence-corrected chi connectivity index (χ0v) is 11.7. The summed E-state index contributed by atoms with van der Waals surface area (Å²) in [6.45, 7) is 2.70. The summed E-state index contributed by atoms with van der Waals surface area (Å²) in [6, 6.07) is 5.65. The van der Waals surface area contributed by atoms with E-state index in [1.165, 1.54) is 24.3 Å². The Labute approximate surface area is 113 Å². The lowest BCUT2D eigenvalue weighted by atomic mass is 10.3. The lowest BCUT2D eigenvalue weighted by molar-refractivity contribution is -0.118. The van der Waals surface area contributed by atoms with Gasteiger partial charge in [-0.1, -0.05) is 13.3 Å². The summed E-state index contributed by atoms with van der Waals surface area (Å²) in [5.41, 5.74) is 5.94. The van der Waals surface area contributed by atoms with Crippen molar-refractivity contribution in [2.75, 3.05) is 18.8 Å². The van der Waals surface area contributed by atoms with Gasteiger partial charge in [0.05, 0.1) is 11.4 Å². The Morgan fingerprint density at radius 1 is 1.26 bits per heavy atom. The van der Waals surface area contributed by atoms with Gasteiger partial charge >= 0.3 is 0 Å². The maximum Gasteiger partial charge on any atom is 0.264 e. The largest absolute Gasteiger partial charge is 0.399 e. The lowest BCUT2D eigenvalue weighted by Crippen LogP contribution is -2.37. The number of unbranched alkanes of at least 4 members (excludes halogenated alkanes) is 1. The lowest BCUT2D eigenvalue weighted by Gasteiger charge is -2.07. The summed E-state index contributed by atoms with van der Waals surface area (Å²) in [6.07, 6.45) is 1.95. The number of anilines is 1. The van der Waals surface area contributed by atoms with E-state index in [0.29, 0.717) is 12.2 Å². The molecule has 0 aromatic heterocycles. The van der Waals surface area contributed by atoms with E-state index >= 15 is 0 Å². The van der Waals surface area contributed by atoms with Gasteiger partial charge in [0.15, 0.2) is 0 Å². The SMILES string of the molecule is CCCCNCC(=O)NS(=O)(=O)c1ccc(N)cc1. The van der Waals surface area contributed by atoms with Crippen molar-refractivity contribution in [3.05, 3.63) is 24.3 Å². The molecule has 19 heavy (non-hydrogen) atoms. The van der Waals surface area contributed by atoms with Crippen molar-refractivity contribution in [2.45, 2.75) is 24.7 Å². The van der Waals surface area contributed by atoms with Crippen LogP contribution in [0.5, 0.6) is 0 Å². The number of benzene rings is 1. The van der Waals surface area contributed by atoms with Gasteiger partial charge in [-0.15, -0.1) is 0 Å². The maximum atomic E-state index is 11.8. The summed E-state index contributed by atoms with van der Waals surface area (Å²) in [5, 5.41) is 2.87. The van der Waals surface area contributed by atoms with Crippen molar-refractivity contribution in [2.24, 2.45) is 0 Å². The Hall–Kier alpha value is -1.60. The molecule has 0 atom stereocenters. The van der Waals surface area contributed by atoms with Gasteiger partial charge in [0.25, 0.3) is 10.0 Å². The highest BCUT2D eigenvalue weighted by atomic mass is 32.2. The fraction of sp³-hybridized carbons (Fsp3) is 0.417. The first kappa shape index (κ1) is 15.5. The third-order valence-corrected chi connectivity index (χ3v) is 3.82. The van der Waals surface area contributed by atoms with Crippen molar-refractivity contribution in [1.82, 2.24) is 10.0 Å². The Bertz CT molecular complexity index is 512. The topological polar surface area (TPSA) is 101 Å². The molecule has 6 nitrogen and oxygen atoms in total. The minimum atomic E-state index is -3.81. The second kappa shape index (κ2) is 7.10. The first-order valence-corrected chi connectivity index (χ1v) is 7.56. The monoisotopic (exact) mass is 285 g/mol. The number of carbonyl (C=O) groups is 1. The van der Waals surface area contributed by atoms with Gasteiger partial charge < -0.3 is 11.1 Å². The molecule has 0 bridgehead atoms. The average Bonchev–Trinajstić information content (AvgIpc) is 2.34. The molecule has 1 amide bonds. The molecule has 7 heteroatoms. The van der Waals surface area contributed by atoms with Crippen LogP contribution in [0.15, 0.2) is 29.2 Å². The van der Waals surface area contributed by atoms with Crippen molar-refractivity contribution in [3.63, 3.8) is 0 Å². The molecule has 0 aliphatic carbocycles. The van der Waals surface area contributed by atoms with E-state index in [4.69, 9.17) is 5.73 Å². The average molecular weight is 285 g/mol.